The first-order chi connectivity index (χ1) is 15.2. The van der Waals surface area contributed by atoms with Crippen LogP contribution in [0.25, 0.3) is 11.1 Å². The molecule has 2 heterocycles. The van der Waals surface area contributed by atoms with Crippen molar-refractivity contribution in [1.29, 1.82) is 0 Å². The maximum atomic E-state index is 14.7. The van der Waals surface area contributed by atoms with Gasteiger partial charge in [0.05, 0.1) is 22.0 Å². The molecule has 1 aromatic carbocycles. The van der Waals surface area contributed by atoms with Gasteiger partial charge in [0, 0.05) is 24.2 Å². The third-order valence-electron chi connectivity index (χ3n) is 5.27. The number of nitrogens with zero attached hydrogens (tertiary/aromatic N) is 3. The van der Waals surface area contributed by atoms with E-state index < -0.39 is 32.4 Å². The molecule has 0 saturated heterocycles. The van der Waals surface area contributed by atoms with E-state index in [1.807, 2.05) is 6.07 Å². The number of carbonyl (C=O) groups is 1. The molecule has 2 aromatic heterocycles. The fourth-order valence-electron chi connectivity index (χ4n) is 3.07. The Kier molecular flexibility index (Phi) is 5.64. The Morgan fingerprint density at radius 3 is 2.56 bits per heavy atom. The van der Waals surface area contributed by atoms with Crippen LogP contribution in [0.4, 0.5) is 16.0 Å². The molecule has 3 aromatic rings. The number of rotatable bonds is 7. The van der Waals surface area contributed by atoms with E-state index in [4.69, 9.17) is 0 Å². The van der Waals surface area contributed by atoms with Gasteiger partial charge in [0.2, 0.25) is 21.9 Å². The lowest BCUT2D eigenvalue weighted by molar-refractivity contribution is -0.120. The largest absolute Gasteiger partial charge is 0.323 e. The molecule has 166 valence electrons. The molecule has 0 bridgehead atoms. The summed E-state index contributed by atoms with van der Waals surface area (Å²) in [6, 6.07) is 9.60. The first kappa shape index (κ1) is 21.8. The Hall–Kier alpha value is -3.40. The highest BCUT2D eigenvalue weighted by Crippen LogP contribution is 2.30. The summed E-state index contributed by atoms with van der Waals surface area (Å²) in [4.78, 5) is 25.2. The average Bonchev–Trinajstić information content (AvgIpc) is 3.62. The normalized spacial score (nSPS) is 14.1. The van der Waals surface area contributed by atoms with Crippen LogP contribution < -0.4 is 10.0 Å². The van der Waals surface area contributed by atoms with Gasteiger partial charge in [-0.2, -0.15) is 0 Å². The maximum Gasteiger partial charge on any atom is 0.237 e. The number of nitrogens with one attached hydrogen (secondary N) is 2. The molecule has 0 atom stereocenters. The van der Waals surface area contributed by atoms with E-state index in [-0.39, 0.29) is 11.6 Å². The van der Waals surface area contributed by atoms with E-state index in [0.717, 1.165) is 5.56 Å². The van der Waals surface area contributed by atoms with Gasteiger partial charge in [-0.15, -0.1) is 0 Å². The van der Waals surface area contributed by atoms with Crippen molar-refractivity contribution in [3.05, 3.63) is 66.5 Å². The molecular formula is C22H22FN5O3S. The molecule has 1 aliphatic carbocycles. The predicted molar refractivity (Wildman–Crippen MR) is 119 cm³/mol. The standard InChI is InChI=1S/C22H22FN5O3S/c1-22(2,19-9-11-25-21(27-19)28-32(30,31)16-6-7-16)20(29)26-18-8-5-14(12-17(18)23)15-4-3-10-24-13-15/h3-5,8-13,16H,6-7H2,1-2H3,(H,26,29)(H,25,27,28). The van der Waals surface area contributed by atoms with Crippen molar-refractivity contribution < 1.29 is 17.6 Å². The topological polar surface area (TPSA) is 114 Å². The van der Waals surface area contributed by atoms with E-state index in [1.165, 1.54) is 24.4 Å². The van der Waals surface area contributed by atoms with Crippen molar-refractivity contribution in [2.45, 2.75) is 37.4 Å². The number of hydrogen-bond donors (Lipinski definition) is 2. The number of amides is 1. The Morgan fingerprint density at radius 2 is 1.91 bits per heavy atom. The number of aromatic nitrogens is 3. The number of anilines is 2. The van der Waals surface area contributed by atoms with Crippen LogP contribution in [0.15, 0.2) is 55.0 Å². The Bertz CT molecular complexity index is 1260. The summed E-state index contributed by atoms with van der Waals surface area (Å²) in [5.41, 5.74) is 0.533. The predicted octanol–water partition coefficient (Wildman–Crippen LogP) is 3.50. The van der Waals surface area contributed by atoms with E-state index in [2.05, 4.69) is 25.0 Å². The lowest BCUT2D eigenvalue weighted by Gasteiger charge is -2.23. The van der Waals surface area contributed by atoms with E-state index >= 15 is 0 Å². The van der Waals surface area contributed by atoms with Crippen LogP contribution in [0.3, 0.4) is 0 Å². The molecule has 32 heavy (non-hydrogen) atoms. The fraction of sp³-hybridized carbons (Fsp3) is 0.273. The summed E-state index contributed by atoms with van der Waals surface area (Å²) >= 11 is 0. The molecule has 1 saturated carbocycles. The highest BCUT2D eigenvalue weighted by molar-refractivity contribution is 7.93. The molecule has 0 unspecified atom stereocenters. The zero-order chi connectivity index (χ0) is 22.9. The van der Waals surface area contributed by atoms with Gasteiger partial charge in [0.1, 0.15) is 5.82 Å². The number of benzene rings is 1. The third kappa shape index (κ3) is 4.59. The molecule has 0 spiro atoms. The first-order valence-electron chi connectivity index (χ1n) is 10.0. The summed E-state index contributed by atoms with van der Waals surface area (Å²) in [6.07, 6.45) is 5.85. The summed E-state index contributed by atoms with van der Waals surface area (Å²) in [5, 5.41) is 2.17. The summed E-state index contributed by atoms with van der Waals surface area (Å²) < 4.78 is 41.3. The fourth-order valence-corrected chi connectivity index (χ4v) is 4.35. The number of hydrogen-bond acceptors (Lipinski definition) is 6. The Labute approximate surface area is 185 Å². The highest BCUT2D eigenvalue weighted by atomic mass is 32.2. The summed E-state index contributed by atoms with van der Waals surface area (Å²) in [6.45, 7) is 3.23. The van der Waals surface area contributed by atoms with Crippen LogP contribution in [-0.4, -0.2) is 34.5 Å². The van der Waals surface area contributed by atoms with Crippen molar-refractivity contribution in [2.24, 2.45) is 0 Å². The van der Waals surface area contributed by atoms with Crippen molar-refractivity contribution in [2.75, 3.05) is 10.0 Å². The number of pyridine rings is 1. The van der Waals surface area contributed by atoms with Crippen LogP contribution in [0.5, 0.6) is 0 Å². The van der Waals surface area contributed by atoms with Gasteiger partial charge < -0.3 is 5.32 Å². The Balaban J connectivity index is 1.52. The van der Waals surface area contributed by atoms with Gasteiger partial charge in [0.25, 0.3) is 0 Å². The molecule has 10 heteroatoms. The quantitative estimate of drug-likeness (QED) is 0.564. The van der Waals surface area contributed by atoms with Gasteiger partial charge in [-0.05, 0) is 56.5 Å². The molecule has 1 fully saturated rings. The smallest absolute Gasteiger partial charge is 0.237 e. The number of halogens is 1. The van der Waals surface area contributed by atoms with Gasteiger partial charge in [-0.3, -0.25) is 14.5 Å². The molecular weight excluding hydrogens is 433 g/mol. The minimum atomic E-state index is -3.53. The van der Waals surface area contributed by atoms with Crippen molar-refractivity contribution in [3.63, 3.8) is 0 Å². The highest BCUT2D eigenvalue weighted by Gasteiger charge is 2.37. The minimum Gasteiger partial charge on any atom is -0.323 e. The summed E-state index contributed by atoms with van der Waals surface area (Å²) in [5.74, 6) is -1.18. The first-order valence-corrected chi connectivity index (χ1v) is 11.6. The van der Waals surface area contributed by atoms with Gasteiger partial charge in [-0.1, -0.05) is 12.1 Å². The second-order valence-electron chi connectivity index (χ2n) is 8.13. The molecule has 4 rings (SSSR count). The van der Waals surface area contributed by atoms with Crippen LogP contribution >= 0.6 is 0 Å². The van der Waals surface area contributed by atoms with Crippen molar-refractivity contribution >= 4 is 27.6 Å². The lowest BCUT2D eigenvalue weighted by Crippen LogP contribution is -2.36. The van der Waals surface area contributed by atoms with Gasteiger partial charge >= 0.3 is 0 Å². The van der Waals surface area contributed by atoms with Gasteiger partial charge in [-0.25, -0.2) is 22.8 Å². The lowest BCUT2D eigenvalue weighted by atomic mass is 9.88. The Morgan fingerprint density at radius 1 is 1.12 bits per heavy atom. The maximum absolute atomic E-state index is 14.7. The number of sulfonamides is 1. The number of carbonyl (C=O) groups excluding carboxylic acids is 1. The van der Waals surface area contributed by atoms with Crippen molar-refractivity contribution in [3.8, 4) is 11.1 Å². The second kappa shape index (κ2) is 8.27. The molecule has 8 nitrogen and oxygen atoms in total. The van der Waals surface area contributed by atoms with E-state index in [9.17, 15) is 17.6 Å². The van der Waals surface area contributed by atoms with E-state index in [0.29, 0.717) is 24.1 Å². The molecule has 1 amide bonds. The van der Waals surface area contributed by atoms with Crippen molar-refractivity contribution in [1.82, 2.24) is 15.0 Å². The molecule has 0 radical (unpaired) electrons. The summed E-state index contributed by atoms with van der Waals surface area (Å²) in [7, 11) is -3.53. The third-order valence-corrected chi connectivity index (χ3v) is 7.09. The minimum absolute atomic E-state index is 0.0273. The van der Waals surface area contributed by atoms with E-state index in [1.54, 1.807) is 38.4 Å². The van der Waals surface area contributed by atoms with Crippen LogP contribution in [0, 0.1) is 5.82 Å². The SMILES string of the molecule is CC(C)(C(=O)Nc1ccc(-c2cccnc2)cc1F)c1ccnc(NS(=O)(=O)C2CC2)n1. The van der Waals surface area contributed by atoms with Gasteiger partial charge in [0.15, 0.2) is 0 Å². The molecule has 2 N–H and O–H groups in total. The zero-order valence-corrected chi connectivity index (χ0v) is 18.4. The zero-order valence-electron chi connectivity index (χ0n) is 17.5. The van der Waals surface area contributed by atoms with Crippen LogP contribution in [0.1, 0.15) is 32.4 Å². The van der Waals surface area contributed by atoms with Crippen LogP contribution in [0.2, 0.25) is 0 Å². The van der Waals surface area contributed by atoms with Crippen LogP contribution in [-0.2, 0) is 20.2 Å². The molecule has 0 aliphatic heterocycles. The molecule has 1 aliphatic rings. The second-order valence-corrected chi connectivity index (χ2v) is 10.1. The average molecular weight is 456 g/mol. The monoisotopic (exact) mass is 455 g/mol.